The molecule has 0 saturated heterocycles. The van der Waals surface area contributed by atoms with Crippen LogP contribution in [0.3, 0.4) is 0 Å². The van der Waals surface area contributed by atoms with E-state index in [-0.39, 0.29) is 17.6 Å². The van der Waals surface area contributed by atoms with Crippen molar-refractivity contribution >= 4 is 17.5 Å². The first-order valence-electron chi connectivity index (χ1n) is 7.81. The number of carbonyl (C=O) groups excluding carboxylic acids is 2. The molecule has 132 valence electrons. The van der Waals surface area contributed by atoms with Crippen molar-refractivity contribution in [3.63, 3.8) is 0 Å². The zero-order valence-corrected chi connectivity index (χ0v) is 14.4. The largest absolute Gasteiger partial charge is 0.369 e. The van der Waals surface area contributed by atoms with Crippen molar-refractivity contribution in [3.8, 4) is 0 Å². The molecular formula is C19H21FN2O3. The second-order valence-electron chi connectivity index (χ2n) is 6.06. The quantitative estimate of drug-likeness (QED) is 0.846. The molecule has 0 bridgehead atoms. The first-order chi connectivity index (χ1) is 11.8. The fourth-order valence-electron chi connectivity index (χ4n) is 2.00. The molecule has 0 fully saturated rings. The molecule has 0 radical (unpaired) electrons. The van der Waals surface area contributed by atoms with Crippen LogP contribution in [0.4, 0.5) is 10.1 Å². The van der Waals surface area contributed by atoms with Gasteiger partial charge in [0.15, 0.2) is 0 Å². The number of halogens is 1. The normalized spacial score (nSPS) is 11.0. The zero-order valence-electron chi connectivity index (χ0n) is 14.4. The summed E-state index contributed by atoms with van der Waals surface area (Å²) in [6.07, 6.45) is 0. The van der Waals surface area contributed by atoms with E-state index < -0.39 is 5.60 Å². The number of carbonyl (C=O) groups is 2. The van der Waals surface area contributed by atoms with E-state index in [1.165, 1.54) is 31.4 Å². The summed E-state index contributed by atoms with van der Waals surface area (Å²) in [5.74, 6) is -0.864. The fourth-order valence-corrected chi connectivity index (χ4v) is 2.00. The number of ether oxygens (including phenoxy) is 1. The Labute approximate surface area is 146 Å². The zero-order chi connectivity index (χ0) is 18.4. The Morgan fingerprint density at radius 1 is 1.04 bits per heavy atom. The first kappa shape index (κ1) is 18.6. The lowest BCUT2D eigenvalue weighted by atomic mass is 10.1. The van der Waals surface area contributed by atoms with Gasteiger partial charge in [-0.25, -0.2) is 4.39 Å². The molecule has 0 spiro atoms. The summed E-state index contributed by atoms with van der Waals surface area (Å²) in [5, 5.41) is 5.47. The van der Waals surface area contributed by atoms with Crippen LogP contribution in [0.2, 0.25) is 0 Å². The smallest absolute Gasteiger partial charge is 0.255 e. The van der Waals surface area contributed by atoms with Crippen molar-refractivity contribution in [2.75, 3.05) is 12.4 Å². The van der Waals surface area contributed by atoms with E-state index in [1.54, 1.807) is 38.1 Å². The highest BCUT2D eigenvalue weighted by Crippen LogP contribution is 2.12. The molecule has 6 heteroatoms. The number of benzene rings is 2. The standard InChI is InChI=1S/C19H21FN2O3/c1-19(2,25-3)18(24)21-12-13-4-6-14(7-5-13)17(23)22-16-10-8-15(20)9-11-16/h4-11H,12H2,1-3H3,(H,21,24)(H,22,23). The van der Waals surface area contributed by atoms with Crippen LogP contribution in [-0.4, -0.2) is 24.5 Å². The third kappa shape index (κ3) is 5.12. The lowest BCUT2D eigenvalue weighted by Gasteiger charge is -2.21. The van der Waals surface area contributed by atoms with Gasteiger partial charge in [0, 0.05) is 24.9 Å². The maximum Gasteiger partial charge on any atom is 0.255 e. The number of anilines is 1. The highest BCUT2D eigenvalue weighted by atomic mass is 19.1. The van der Waals surface area contributed by atoms with Crippen molar-refractivity contribution in [1.29, 1.82) is 0 Å². The molecule has 2 amide bonds. The number of hydrogen-bond donors (Lipinski definition) is 2. The predicted molar refractivity (Wildman–Crippen MR) is 93.7 cm³/mol. The fraction of sp³-hybridized carbons (Fsp3) is 0.263. The van der Waals surface area contributed by atoms with Crippen LogP contribution < -0.4 is 10.6 Å². The van der Waals surface area contributed by atoms with Gasteiger partial charge in [0.1, 0.15) is 11.4 Å². The van der Waals surface area contributed by atoms with Crippen LogP contribution >= 0.6 is 0 Å². The minimum atomic E-state index is -0.894. The summed E-state index contributed by atoms with van der Waals surface area (Å²) in [6.45, 7) is 3.71. The topological polar surface area (TPSA) is 67.4 Å². The van der Waals surface area contributed by atoms with E-state index in [1.807, 2.05) is 0 Å². The first-order valence-corrected chi connectivity index (χ1v) is 7.81. The van der Waals surface area contributed by atoms with Crippen molar-refractivity contribution < 1.29 is 18.7 Å². The van der Waals surface area contributed by atoms with Gasteiger partial charge in [-0.05, 0) is 55.8 Å². The summed E-state index contributed by atoms with van der Waals surface area (Å²) in [6, 6.07) is 12.4. The Morgan fingerprint density at radius 3 is 2.20 bits per heavy atom. The highest BCUT2D eigenvalue weighted by Gasteiger charge is 2.26. The van der Waals surface area contributed by atoms with E-state index in [9.17, 15) is 14.0 Å². The van der Waals surface area contributed by atoms with Crippen LogP contribution in [0.5, 0.6) is 0 Å². The number of rotatable bonds is 6. The van der Waals surface area contributed by atoms with Crippen LogP contribution in [0.1, 0.15) is 29.8 Å². The molecule has 2 rings (SSSR count). The van der Waals surface area contributed by atoms with E-state index in [0.29, 0.717) is 17.8 Å². The lowest BCUT2D eigenvalue weighted by Crippen LogP contribution is -2.43. The molecule has 0 aromatic heterocycles. The van der Waals surface area contributed by atoms with Gasteiger partial charge in [0.25, 0.3) is 11.8 Å². The van der Waals surface area contributed by atoms with Gasteiger partial charge in [-0.3, -0.25) is 9.59 Å². The Balaban J connectivity index is 1.94. The molecule has 2 N–H and O–H groups in total. The second kappa shape index (κ2) is 7.90. The summed E-state index contributed by atoms with van der Waals surface area (Å²) >= 11 is 0. The van der Waals surface area contributed by atoms with Crippen LogP contribution in [0.15, 0.2) is 48.5 Å². The Kier molecular flexibility index (Phi) is 5.88. The molecule has 5 nitrogen and oxygen atoms in total. The van der Waals surface area contributed by atoms with Gasteiger partial charge < -0.3 is 15.4 Å². The maximum absolute atomic E-state index is 12.9. The van der Waals surface area contributed by atoms with Crippen molar-refractivity contribution in [3.05, 3.63) is 65.5 Å². The molecule has 0 atom stereocenters. The van der Waals surface area contributed by atoms with Crippen LogP contribution in [-0.2, 0) is 16.1 Å². The Morgan fingerprint density at radius 2 is 1.64 bits per heavy atom. The van der Waals surface area contributed by atoms with Crippen LogP contribution in [0, 0.1) is 5.82 Å². The van der Waals surface area contributed by atoms with Gasteiger partial charge in [-0.2, -0.15) is 0 Å². The predicted octanol–water partition coefficient (Wildman–Crippen LogP) is 3.12. The summed E-state index contributed by atoms with van der Waals surface area (Å²) < 4.78 is 18.0. The minimum Gasteiger partial charge on any atom is -0.369 e. The van der Waals surface area contributed by atoms with Crippen molar-refractivity contribution in [2.45, 2.75) is 26.0 Å². The molecule has 0 unspecified atom stereocenters. The van der Waals surface area contributed by atoms with E-state index in [2.05, 4.69) is 10.6 Å². The average molecular weight is 344 g/mol. The van der Waals surface area contributed by atoms with E-state index >= 15 is 0 Å². The molecule has 2 aromatic carbocycles. The number of amides is 2. The molecule has 0 aliphatic carbocycles. The van der Waals surface area contributed by atoms with E-state index in [4.69, 9.17) is 4.74 Å². The molecule has 0 heterocycles. The van der Waals surface area contributed by atoms with E-state index in [0.717, 1.165) is 5.56 Å². The van der Waals surface area contributed by atoms with Gasteiger partial charge in [0.2, 0.25) is 0 Å². The summed E-state index contributed by atoms with van der Waals surface area (Å²) in [7, 11) is 1.48. The molecule has 0 aliphatic heterocycles. The van der Waals surface area contributed by atoms with Gasteiger partial charge in [-0.15, -0.1) is 0 Å². The molecular weight excluding hydrogens is 323 g/mol. The number of nitrogens with one attached hydrogen (secondary N) is 2. The Hall–Kier alpha value is -2.73. The molecule has 0 saturated carbocycles. The van der Waals surface area contributed by atoms with Gasteiger partial charge in [0.05, 0.1) is 0 Å². The molecule has 2 aromatic rings. The number of methoxy groups -OCH3 is 1. The van der Waals surface area contributed by atoms with Gasteiger partial charge >= 0.3 is 0 Å². The third-order valence-electron chi connectivity index (χ3n) is 3.83. The van der Waals surface area contributed by atoms with Crippen LogP contribution in [0.25, 0.3) is 0 Å². The van der Waals surface area contributed by atoms with Crippen molar-refractivity contribution in [2.24, 2.45) is 0 Å². The average Bonchev–Trinajstić information content (AvgIpc) is 2.61. The van der Waals surface area contributed by atoms with Gasteiger partial charge in [-0.1, -0.05) is 12.1 Å². The molecule has 0 aliphatic rings. The third-order valence-corrected chi connectivity index (χ3v) is 3.83. The molecule has 25 heavy (non-hydrogen) atoms. The summed E-state index contributed by atoms with van der Waals surface area (Å²) in [5.41, 5.74) is 0.953. The highest BCUT2D eigenvalue weighted by molar-refractivity contribution is 6.04. The Bertz CT molecular complexity index is 740. The lowest BCUT2D eigenvalue weighted by molar-refractivity contribution is -0.139. The summed E-state index contributed by atoms with van der Waals surface area (Å²) in [4.78, 5) is 24.1. The number of hydrogen-bond acceptors (Lipinski definition) is 3. The second-order valence-corrected chi connectivity index (χ2v) is 6.06. The maximum atomic E-state index is 12.9. The monoisotopic (exact) mass is 344 g/mol. The SMILES string of the molecule is COC(C)(C)C(=O)NCc1ccc(C(=O)Nc2ccc(F)cc2)cc1. The minimum absolute atomic E-state index is 0.215. The van der Waals surface area contributed by atoms with Crippen molar-refractivity contribution in [1.82, 2.24) is 5.32 Å².